The van der Waals surface area contributed by atoms with Gasteiger partial charge in [0.05, 0.1) is 31.9 Å². The lowest BCUT2D eigenvalue weighted by Crippen LogP contribution is -2.33. The highest BCUT2D eigenvalue weighted by Crippen LogP contribution is 2.62. The van der Waals surface area contributed by atoms with Crippen LogP contribution in [-0.4, -0.2) is 54.6 Å². The van der Waals surface area contributed by atoms with Crippen molar-refractivity contribution in [1.82, 2.24) is 10.2 Å². The summed E-state index contributed by atoms with van der Waals surface area (Å²) in [7, 11) is 0. The van der Waals surface area contributed by atoms with Crippen molar-refractivity contribution < 1.29 is 28.6 Å². The fourth-order valence-corrected chi connectivity index (χ4v) is 5.44. The van der Waals surface area contributed by atoms with Crippen molar-refractivity contribution in [3.8, 4) is 11.5 Å². The monoisotopic (exact) mass is 552 g/mol. The van der Waals surface area contributed by atoms with Crippen LogP contribution in [0.2, 0.25) is 0 Å². The Morgan fingerprint density at radius 2 is 1.75 bits per heavy atom. The first-order valence-electron chi connectivity index (χ1n) is 14.2. The van der Waals surface area contributed by atoms with Crippen molar-refractivity contribution in [1.29, 1.82) is 0 Å². The third kappa shape index (κ3) is 5.46. The Morgan fingerprint density at radius 1 is 1.07 bits per heavy atom. The van der Waals surface area contributed by atoms with Gasteiger partial charge < -0.3 is 24.8 Å². The number of benzene rings is 2. The Kier molecular flexibility index (Phi) is 8.59. The van der Waals surface area contributed by atoms with E-state index < -0.39 is 11.4 Å². The van der Waals surface area contributed by atoms with Crippen molar-refractivity contribution in [3.05, 3.63) is 64.0 Å². The van der Waals surface area contributed by atoms with Gasteiger partial charge in [0.25, 0.3) is 5.91 Å². The van der Waals surface area contributed by atoms with Crippen molar-refractivity contribution in [3.63, 3.8) is 0 Å². The Labute approximate surface area is 236 Å². The zero-order valence-electron chi connectivity index (χ0n) is 24.4. The molecule has 0 bridgehead atoms. The second-order valence-electron chi connectivity index (χ2n) is 11.4. The lowest BCUT2D eigenvalue weighted by Gasteiger charge is -2.28. The summed E-state index contributed by atoms with van der Waals surface area (Å²) in [5.41, 5.74) is 2.87. The number of ether oxygens (including phenoxy) is 2. The molecule has 2 aromatic carbocycles. The maximum absolute atomic E-state index is 16.1. The molecule has 1 aliphatic carbocycles. The van der Waals surface area contributed by atoms with Crippen LogP contribution in [0.4, 0.5) is 4.39 Å². The van der Waals surface area contributed by atoms with Crippen molar-refractivity contribution in [2.75, 3.05) is 32.9 Å². The van der Waals surface area contributed by atoms with Crippen molar-refractivity contribution >= 4 is 17.4 Å². The van der Waals surface area contributed by atoms with Crippen LogP contribution in [0, 0.1) is 5.82 Å². The maximum Gasteiger partial charge on any atom is 0.251 e. The second-order valence-corrected chi connectivity index (χ2v) is 11.4. The lowest BCUT2D eigenvalue weighted by atomic mass is 9.84. The van der Waals surface area contributed by atoms with Gasteiger partial charge in [-0.15, -0.1) is 0 Å². The normalized spacial score (nSPS) is 16.3. The Balaban J connectivity index is 1.76. The molecule has 7 nitrogen and oxygen atoms in total. The first-order chi connectivity index (χ1) is 19.0. The molecule has 1 heterocycles. The van der Waals surface area contributed by atoms with Crippen LogP contribution in [0.5, 0.6) is 11.5 Å². The fraction of sp³-hybridized carbons (Fsp3) is 0.500. The molecule has 0 saturated heterocycles. The highest BCUT2D eigenvalue weighted by molar-refractivity contribution is 6.02. The molecule has 4 rings (SSSR count). The Hall–Kier alpha value is -3.39. The van der Waals surface area contributed by atoms with Crippen LogP contribution < -0.4 is 14.8 Å². The number of nitrogens with one attached hydrogen (secondary N) is 1. The van der Waals surface area contributed by atoms with E-state index in [-0.39, 0.29) is 42.6 Å². The number of carbonyl (C=O) groups excluding carboxylic acids is 2. The van der Waals surface area contributed by atoms with E-state index in [1.807, 2.05) is 64.7 Å². The van der Waals surface area contributed by atoms with Crippen molar-refractivity contribution in [2.45, 2.75) is 71.8 Å². The molecule has 2 aromatic rings. The summed E-state index contributed by atoms with van der Waals surface area (Å²) < 4.78 is 27.6. The topological polar surface area (TPSA) is 88.1 Å². The fourth-order valence-electron chi connectivity index (χ4n) is 5.44. The summed E-state index contributed by atoms with van der Waals surface area (Å²) >= 11 is 0. The molecule has 0 aromatic heterocycles. The summed E-state index contributed by atoms with van der Waals surface area (Å²) in [6.07, 6.45) is 4.23. The van der Waals surface area contributed by atoms with Gasteiger partial charge >= 0.3 is 0 Å². The number of rotatable bonds is 11. The number of aliphatic hydroxyl groups is 1. The minimum atomic E-state index is -0.480. The van der Waals surface area contributed by atoms with Crippen LogP contribution in [0.15, 0.2) is 30.3 Å². The second kappa shape index (κ2) is 11.6. The third-order valence-corrected chi connectivity index (χ3v) is 7.54. The zero-order chi connectivity index (χ0) is 29.2. The van der Waals surface area contributed by atoms with Gasteiger partial charge in [0, 0.05) is 28.9 Å². The number of halogens is 1. The van der Waals surface area contributed by atoms with Gasteiger partial charge in [-0.25, -0.2) is 4.39 Å². The number of amides is 1. The predicted octanol–water partition coefficient (Wildman–Crippen LogP) is 5.58. The highest BCUT2D eigenvalue weighted by Gasteiger charge is 2.58. The number of hydrogen-bond donors (Lipinski definition) is 2. The number of aliphatic hydroxyl groups excluding tert-OH is 1. The van der Waals surface area contributed by atoms with E-state index in [1.54, 1.807) is 12.1 Å². The summed E-state index contributed by atoms with van der Waals surface area (Å²) in [4.78, 5) is 28.8. The third-order valence-electron chi connectivity index (χ3n) is 7.54. The molecule has 40 heavy (non-hydrogen) atoms. The van der Waals surface area contributed by atoms with E-state index in [4.69, 9.17) is 14.6 Å². The molecule has 1 spiro atoms. The molecule has 216 valence electrons. The van der Waals surface area contributed by atoms with Gasteiger partial charge in [0.1, 0.15) is 0 Å². The van der Waals surface area contributed by atoms with Gasteiger partial charge in [-0.2, -0.15) is 0 Å². The van der Waals surface area contributed by atoms with Crippen LogP contribution in [0.1, 0.15) is 98.2 Å². The first kappa shape index (κ1) is 29.6. The molecule has 1 amide bonds. The van der Waals surface area contributed by atoms with E-state index in [0.717, 1.165) is 24.0 Å². The van der Waals surface area contributed by atoms with E-state index in [2.05, 4.69) is 5.32 Å². The Bertz CT molecular complexity index is 1320. The van der Waals surface area contributed by atoms with Gasteiger partial charge in [-0.05, 0) is 73.9 Å². The van der Waals surface area contributed by atoms with Crippen LogP contribution in [-0.2, 0) is 11.0 Å². The summed E-state index contributed by atoms with van der Waals surface area (Å²) in [5.74, 6) is -0.472. The molecular weight excluding hydrogens is 511 g/mol. The molecule has 2 N–H and O–H groups in total. The maximum atomic E-state index is 16.1. The molecule has 0 atom stereocenters. The zero-order valence-corrected chi connectivity index (χ0v) is 24.4. The first-order valence-corrected chi connectivity index (χ1v) is 14.2. The Morgan fingerprint density at radius 3 is 2.33 bits per heavy atom. The number of nitrogens with zero attached hydrogens (tertiary/aromatic N) is 1. The number of Topliss-reactive ketones (excluding diaryl/α,β-unsaturated/α-hetero) is 1. The smallest absolute Gasteiger partial charge is 0.251 e. The average Bonchev–Trinajstić information content (AvgIpc) is 3.68. The number of allylic oxidation sites excluding steroid dienone is 1. The van der Waals surface area contributed by atoms with E-state index in [9.17, 15) is 9.59 Å². The molecular formula is C32H41FN2O5. The molecule has 2 aliphatic rings. The lowest BCUT2D eigenvalue weighted by molar-refractivity contribution is 0.0938. The van der Waals surface area contributed by atoms with Gasteiger partial charge in [0.15, 0.2) is 23.1 Å². The molecule has 0 unspecified atom stereocenters. The molecule has 0 radical (unpaired) electrons. The predicted molar refractivity (Wildman–Crippen MR) is 154 cm³/mol. The summed E-state index contributed by atoms with van der Waals surface area (Å²) in [5, 5.41) is 11.8. The molecule has 1 aliphatic heterocycles. The average molecular weight is 553 g/mol. The van der Waals surface area contributed by atoms with Gasteiger partial charge in [-0.1, -0.05) is 33.8 Å². The quantitative estimate of drug-likeness (QED) is 0.354. The number of carbonyl (C=O) groups is 2. The minimum Gasteiger partial charge on any atom is -0.490 e. The van der Waals surface area contributed by atoms with Gasteiger partial charge in [-0.3, -0.25) is 9.59 Å². The SMILES string of the molecule is CCC=C1c2c(cc(OCC)c(OCC)c2F)C2(CC2)N1CC(=O)c1cc(C(=O)NCCO)cc(C(C)(C)C)c1. The standard InChI is InChI=1S/C32H41FN2O5/c1-7-10-24-27-23(18-26(39-8-2)29(28(27)33)40-9-3)32(11-12-32)35(24)19-25(37)20-15-21(30(38)34-13-14-36)17-22(16-20)31(4,5)6/h10,15-18,36H,7-9,11-14,19H2,1-6H3,(H,34,38). The minimum absolute atomic E-state index is 0.0409. The van der Waals surface area contributed by atoms with Gasteiger partial charge in [0.2, 0.25) is 0 Å². The van der Waals surface area contributed by atoms with E-state index >= 15 is 4.39 Å². The molecule has 1 saturated carbocycles. The largest absolute Gasteiger partial charge is 0.490 e. The summed E-state index contributed by atoms with van der Waals surface area (Å²) in [6.45, 7) is 12.4. The van der Waals surface area contributed by atoms with E-state index in [1.165, 1.54) is 0 Å². The molecule has 8 heteroatoms. The van der Waals surface area contributed by atoms with Crippen LogP contribution in [0.25, 0.3) is 5.70 Å². The highest BCUT2D eigenvalue weighted by atomic mass is 19.1. The van der Waals surface area contributed by atoms with Crippen LogP contribution >= 0.6 is 0 Å². The number of ketones is 1. The summed E-state index contributed by atoms with van der Waals surface area (Å²) in [6, 6.07) is 7.13. The molecule has 1 fully saturated rings. The van der Waals surface area contributed by atoms with Crippen molar-refractivity contribution in [2.24, 2.45) is 0 Å². The van der Waals surface area contributed by atoms with Crippen LogP contribution in [0.3, 0.4) is 0 Å². The van der Waals surface area contributed by atoms with E-state index in [0.29, 0.717) is 47.8 Å². The number of fused-ring (bicyclic) bond motifs is 2. The number of hydrogen-bond acceptors (Lipinski definition) is 6.